The topological polar surface area (TPSA) is 40.6 Å². The summed E-state index contributed by atoms with van der Waals surface area (Å²) in [7, 11) is 0. The van der Waals surface area contributed by atoms with Gasteiger partial charge in [-0.15, -0.1) is 0 Å². The van der Waals surface area contributed by atoms with Crippen LogP contribution in [0, 0.1) is 5.82 Å². The van der Waals surface area contributed by atoms with Crippen LogP contribution in [-0.4, -0.2) is 41.2 Å². The van der Waals surface area contributed by atoms with Crippen LogP contribution in [-0.2, 0) is 16.0 Å². The second-order valence-electron chi connectivity index (χ2n) is 6.92. The molecule has 0 bridgehead atoms. The molecule has 0 atom stereocenters. The van der Waals surface area contributed by atoms with Gasteiger partial charge < -0.3 is 4.90 Å². The van der Waals surface area contributed by atoms with E-state index in [-0.39, 0.29) is 24.2 Å². The van der Waals surface area contributed by atoms with Crippen molar-refractivity contribution < 1.29 is 14.0 Å². The number of carbonyl (C=O) groups is 2. The van der Waals surface area contributed by atoms with Gasteiger partial charge in [-0.2, -0.15) is 0 Å². The molecule has 138 valence electrons. The van der Waals surface area contributed by atoms with Gasteiger partial charge in [0.25, 0.3) is 11.8 Å². The van der Waals surface area contributed by atoms with Gasteiger partial charge in [0.2, 0.25) is 0 Å². The molecule has 2 aliphatic rings. The highest BCUT2D eigenvalue weighted by molar-refractivity contribution is 6.35. The fourth-order valence-corrected chi connectivity index (χ4v) is 3.76. The molecule has 4 nitrogen and oxygen atoms in total. The Morgan fingerprint density at radius 2 is 1.52 bits per heavy atom. The zero-order valence-corrected chi connectivity index (χ0v) is 15.0. The van der Waals surface area contributed by atoms with Gasteiger partial charge in [0.1, 0.15) is 11.5 Å². The number of halogens is 1. The van der Waals surface area contributed by atoms with Gasteiger partial charge in [0.15, 0.2) is 0 Å². The fourth-order valence-electron chi connectivity index (χ4n) is 3.76. The SMILES string of the molecule is O=C1C(c2ccccc2)=C(N2CCCC2)C(=O)N1CCc1ccc(F)cc1. The van der Waals surface area contributed by atoms with Crippen molar-refractivity contribution in [2.75, 3.05) is 19.6 Å². The number of benzene rings is 2. The van der Waals surface area contributed by atoms with E-state index in [1.807, 2.05) is 35.2 Å². The maximum absolute atomic E-state index is 13.1. The first-order valence-corrected chi connectivity index (χ1v) is 9.30. The van der Waals surface area contributed by atoms with Crippen molar-refractivity contribution >= 4 is 17.4 Å². The molecule has 27 heavy (non-hydrogen) atoms. The molecule has 0 aromatic heterocycles. The van der Waals surface area contributed by atoms with Crippen LogP contribution in [0.4, 0.5) is 4.39 Å². The molecule has 0 N–H and O–H groups in total. The number of likely N-dealkylation sites (tertiary alicyclic amines) is 1. The monoisotopic (exact) mass is 364 g/mol. The highest BCUT2D eigenvalue weighted by atomic mass is 19.1. The van der Waals surface area contributed by atoms with Crippen molar-refractivity contribution in [3.8, 4) is 0 Å². The van der Waals surface area contributed by atoms with Crippen molar-refractivity contribution in [3.63, 3.8) is 0 Å². The predicted octanol–water partition coefficient (Wildman–Crippen LogP) is 3.24. The van der Waals surface area contributed by atoms with Crippen LogP contribution < -0.4 is 0 Å². The third kappa shape index (κ3) is 3.37. The molecule has 0 unspecified atom stereocenters. The average molecular weight is 364 g/mol. The van der Waals surface area contributed by atoms with Gasteiger partial charge in [-0.3, -0.25) is 14.5 Å². The molecule has 2 amide bonds. The van der Waals surface area contributed by atoms with Gasteiger partial charge in [-0.1, -0.05) is 42.5 Å². The zero-order chi connectivity index (χ0) is 18.8. The van der Waals surface area contributed by atoms with E-state index in [1.54, 1.807) is 12.1 Å². The molecular formula is C22H21FN2O2. The van der Waals surface area contributed by atoms with Crippen molar-refractivity contribution in [1.29, 1.82) is 0 Å². The first kappa shape index (κ1) is 17.5. The Balaban J connectivity index is 1.62. The molecule has 0 spiro atoms. The Morgan fingerprint density at radius 1 is 0.852 bits per heavy atom. The van der Waals surface area contributed by atoms with Crippen molar-refractivity contribution in [2.45, 2.75) is 19.3 Å². The second kappa shape index (κ2) is 7.35. The minimum absolute atomic E-state index is 0.220. The van der Waals surface area contributed by atoms with Gasteiger partial charge in [-0.25, -0.2) is 4.39 Å². The van der Waals surface area contributed by atoms with Crippen LogP contribution in [0.15, 0.2) is 60.3 Å². The van der Waals surface area contributed by atoms with Gasteiger partial charge in [-0.05, 0) is 42.5 Å². The smallest absolute Gasteiger partial charge is 0.277 e. The molecule has 1 saturated heterocycles. The first-order chi connectivity index (χ1) is 13.1. The zero-order valence-electron chi connectivity index (χ0n) is 15.0. The summed E-state index contributed by atoms with van der Waals surface area (Å²) >= 11 is 0. The summed E-state index contributed by atoms with van der Waals surface area (Å²) in [5, 5.41) is 0. The number of carbonyl (C=O) groups excluding carboxylic acids is 2. The van der Waals surface area contributed by atoms with Crippen LogP contribution in [0.2, 0.25) is 0 Å². The number of imide groups is 1. The molecule has 1 fully saturated rings. The fraction of sp³-hybridized carbons (Fsp3) is 0.273. The van der Waals surface area contributed by atoms with Crippen molar-refractivity contribution in [3.05, 3.63) is 77.2 Å². The summed E-state index contributed by atoms with van der Waals surface area (Å²) in [5.41, 5.74) is 2.71. The molecule has 4 rings (SSSR count). The van der Waals surface area contributed by atoms with E-state index < -0.39 is 0 Å². The third-order valence-corrected chi connectivity index (χ3v) is 5.17. The van der Waals surface area contributed by atoms with E-state index in [9.17, 15) is 14.0 Å². The molecule has 2 heterocycles. The summed E-state index contributed by atoms with van der Waals surface area (Å²) in [6, 6.07) is 15.6. The Kier molecular flexibility index (Phi) is 4.75. The van der Waals surface area contributed by atoms with Crippen molar-refractivity contribution in [1.82, 2.24) is 9.80 Å². The lowest BCUT2D eigenvalue weighted by atomic mass is 10.0. The quantitative estimate of drug-likeness (QED) is 0.765. The van der Waals surface area contributed by atoms with E-state index in [0.717, 1.165) is 37.1 Å². The standard InChI is InChI=1S/C22H21FN2O2/c23-18-10-8-16(9-11-18)12-15-25-21(26)19(17-6-2-1-3-7-17)20(22(25)27)24-13-4-5-14-24/h1-3,6-11H,4-5,12-15H2. The number of hydrogen-bond donors (Lipinski definition) is 0. The molecule has 0 radical (unpaired) electrons. The predicted molar refractivity (Wildman–Crippen MR) is 101 cm³/mol. The maximum atomic E-state index is 13.1. The van der Waals surface area contributed by atoms with Crippen LogP contribution >= 0.6 is 0 Å². The summed E-state index contributed by atoms with van der Waals surface area (Å²) in [6.45, 7) is 1.89. The molecule has 0 saturated carbocycles. The van der Waals surface area contributed by atoms with Crippen molar-refractivity contribution in [2.24, 2.45) is 0 Å². The Bertz CT molecular complexity index is 884. The lowest BCUT2D eigenvalue weighted by Gasteiger charge is -2.20. The van der Waals surface area contributed by atoms with E-state index >= 15 is 0 Å². The van der Waals surface area contributed by atoms with Gasteiger partial charge >= 0.3 is 0 Å². The molecule has 2 aliphatic heterocycles. The van der Waals surface area contributed by atoms with Gasteiger partial charge in [0.05, 0.1) is 5.57 Å². The van der Waals surface area contributed by atoms with E-state index in [2.05, 4.69) is 0 Å². The molecular weight excluding hydrogens is 343 g/mol. The largest absolute Gasteiger partial charge is 0.366 e. The minimum atomic E-state index is -0.295. The van der Waals surface area contributed by atoms with E-state index in [4.69, 9.17) is 0 Å². The third-order valence-electron chi connectivity index (χ3n) is 5.17. The van der Waals surface area contributed by atoms with Gasteiger partial charge in [0, 0.05) is 19.6 Å². The lowest BCUT2D eigenvalue weighted by Crippen LogP contribution is -2.36. The summed E-state index contributed by atoms with van der Waals surface area (Å²) < 4.78 is 13.1. The van der Waals surface area contributed by atoms with E-state index in [1.165, 1.54) is 17.0 Å². The number of rotatable bonds is 5. The lowest BCUT2D eigenvalue weighted by molar-refractivity contribution is -0.137. The summed E-state index contributed by atoms with van der Waals surface area (Å²) in [4.78, 5) is 29.6. The minimum Gasteiger partial charge on any atom is -0.366 e. The Hall–Kier alpha value is -2.95. The number of hydrogen-bond acceptors (Lipinski definition) is 3. The summed E-state index contributed by atoms with van der Waals surface area (Å²) in [5.74, 6) is -0.755. The second-order valence-corrected chi connectivity index (χ2v) is 6.92. The van der Waals surface area contributed by atoms with E-state index in [0.29, 0.717) is 17.7 Å². The number of amides is 2. The van der Waals surface area contributed by atoms with Crippen LogP contribution in [0.25, 0.3) is 5.57 Å². The summed E-state index contributed by atoms with van der Waals surface area (Å²) in [6.07, 6.45) is 2.57. The highest BCUT2D eigenvalue weighted by Gasteiger charge is 2.41. The molecule has 2 aromatic rings. The maximum Gasteiger partial charge on any atom is 0.277 e. The molecule has 0 aliphatic carbocycles. The average Bonchev–Trinajstić information content (AvgIpc) is 3.29. The normalized spacial score (nSPS) is 17.4. The number of nitrogens with zero attached hydrogens (tertiary/aromatic N) is 2. The Morgan fingerprint density at radius 3 is 2.19 bits per heavy atom. The molecule has 2 aromatic carbocycles. The first-order valence-electron chi connectivity index (χ1n) is 9.30. The van der Waals surface area contributed by atoms with Crippen LogP contribution in [0.5, 0.6) is 0 Å². The Labute approximate surface area is 157 Å². The highest BCUT2D eigenvalue weighted by Crippen LogP contribution is 2.33. The van der Waals surface area contributed by atoms with Crippen LogP contribution in [0.1, 0.15) is 24.0 Å². The molecule has 5 heteroatoms. The van der Waals surface area contributed by atoms with Crippen LogP contribution in [0.3, 0.4) is 0 Å².